The van der Waals surface area contributed by atoms with Gasteiger partial charge >= 0.3 is 0 Å². The number of hydrogen-bond donors (Lipinski definition) is 0. The van der Waals surface area contributed by atoms with Gasteiger partial charge in [-0.3, -0.25) is 9.98 Å². The molecule has 0 radical (unpaired) electrons. The smallest absolute Gasteiger partial charge is 0.244 e. The summed E-state index contributed by atoms with van der Waals surface area (Å²) in [5.41, 5.74) is 4.31. The normalized spacial score (nSPS) is 16.7. The maximum absolute atomic E-state index is 14.2. The highest BCUT2D eigenvalue weighted by atomic mass is 32.2. The van der Waals surface area contributed by atoms with Crippen LogP contribution in [0.4, 0.5) is 5.69 Å². The predicted octanol–water partition coefficient (Wildman–Crippen LogP) is 5.10. The van der Waals surface area contributed by atoms with E-state index in [0.29, 0.717) is 31.5 Å². The molecule has 0 N–H and O–H groups in total. The molecule has 7 nitrogen and oxygen atoms in total. The van der Waals surface area contributed by atoms with Crippen molar-refractivity contribution in [3.63, 3.8) is 0 Å². The van der Waals surface area contributed by atoms with E-state index in [2.05, 4.69) is 20.9 Å². The van der Waals surface area contributed by atoms with Gasteiger partial charge in [0.25, 0.3) is 0 Å². The van der Waals surface area contributed by atoms with Crippen LogP contribution in [0.2, 0.25) is 0 Å². The zero-order chi connectivity index (χ0) is 27.0. The van der Waals surface area contributed by atoms with Crippen LogP contribution in [0.1, 0.15) is 42.0 Å². The molecule has 4 rings (SSSR count). The van der Waals surface area contributed by atoms with Crippen molar-refractivity contribution in [2.45, 2.75) is 45.3 Å². The third-order valence-electron chi connectivity index (χ3n) is 6.62. The van der Waals surface area contributed by atoms with Crippen LogP contribution >= 0.6 is 0 Å². The number of benzene rings is 2. The highest BCUT2D eigenvalue weighted by molar-refractivity contribution is 7.93. The van der Waals surface area contributed by atoms with Gasteiger partial charge in [0, 0.05) is 57.0 Å². The molecule has 0 amide bonds. The Morgan fingerprint density at radius 1 is 1.16 bits per heavy atom. The van der Waals surface area contributed by atoms with Crippen LogP contribution in [-0.4, -0.2) is 43.6 Å². The summed E-state index contributed by atoms with van der Waals surface area (Å²) < 4.78 is 30.1. The molecule has 38 heavy (non-hydrogen) atoms. The number of unbranched alkanes of at least 4 members (excludes halogenated alkanes) is 1. The first-order chi connectivity index (χ1) is 18.5. The standard InChI is InChI=1S/C30H33N5O2S/c1-3-4-12-29(20-32-2)38(36,37)35-22-27-16-25(18-31)13-14-30(27)34(21-26-11-8-15-33-19-26)23-28(35)17-24-9-6-5-7-10-24/h5-16,19-20,28H,3-4,17,21-23H2,1-2H3/b29-12+,32-20?/t28-/m1/s1. The van der Waals surface area contributed by atoms with Crippen LogP contribution in [0.15, 0.2) is 89.0 Å². The second-order valence-electron chi connectivity index (χ2n) is 9.37. The first kappa shape index (κ1) is 27.2. The molecule has 0 fully saturated rings. The van der Waals surface area contributed by atoms with Crippen LogP contribution in [-0.2, 0) is 29.5 Å². The minimum atomic E-state index is -3.89. The Balaban J connectivity index is 1.85. The summed E-state index contributed by atoms with van der Waals surface area (Å²) in [5, 5.41) is 9.61. The molecule has 1 atom stereocenters. The lowest BCUT2D eigenvalue weighted by atomic mass is 10.1. The van der Waals surface area contributed by atoms with Crippen molar-refractivity contribution >= 4 is 21.9 Å². The fourth-order valence-corrected chi connectivity index (χ4v) is 6.48. The van der Waals surface area contributed by atoms with Gasteiger partial charge in [-0.15, -0.1) is 0 Å². The summed E-state index contributed by atoms with van der Waals surface area (Å²) in [6.45, 7) is 3.23. The van der Waals surface area contributed by atoms with Crippen LogP contribution in [0.5, 0.6) is 0 Å². The van der Waals surface area contributed by atoms with Gasteiger partial charge in [0.2, 0.25) is 10.0 Å². The molecule has 2 aromatic carbocycles. The summed E-state index contributed by atoms with van der Waals surface area (Å²) in [6.07, 6.45) is 8.79. The van der Waals surface area contributed by atoms with Crippen LogP contribution < -0.4 is 4.90 Å². The number of aromatic nitrogens is 1. The molecular formula is C30H33N5O2S. The number of fused-ring (bicyclic) bond motifs is 1. The molecule has 0 saturated heterocycles. The van der Waals surface area contributed by atoms with Gasteiger partial charge < -0.3 is 4.90 Å². The minimum Gasteiger partial charge on any atom is -0.365 e. The Labute approximate surface area is 225 Å². The second kappa shape index (κ2) is 12.6. The second-order valence-corrected chi connectivity index (χ2v) is 11.3. The van der Waals surface area contributed by atoms with Crippen molar-refractivity contribution in [2.24, 2.45) is 4.99 Å². The Morgan fingerprint density at radius 2 is 1.95 bits per heavy atom. The molecule has 3 aromatic rings. The quantitative estimate of drug-likeness (QED) is 0.361. The number of hydrogen-bond acceptors (Lipinski definition) is 6. The molecule has 0 aliphatic carbocycles. The lowest BCUT2D eigenvalue weighted by molar-refractivity contribution is 0.321. The fourth-order valence-electron chi connectivity index (χ4n) is 4.80. The van der Waals surface area contributed by atoms with E-state index in [9.17, 15) is 13.7 Å². The molecule has 8 heteroatoms. The van der Waals surface area contributed by atoms with Crippen molar-refractivity contribution in [3.05, 3.63) is 106 Å². The molecule has 0 bridgehead atoms. The topological polar surface area (TPSA) is 89.7 Å². The molecule has 2 heterocycles. The Kier molecular flexibility index (Phi) is 9.06. The number of aliphatic imine (C=N–C) groups is 1. The van der Waals surface area contributed by atoms with Gasteiger partial charge in [0.1, 0.15) is 0 Å². The van der Waals surface area contributed by atoms with E-state index in [1.165, 1.54) is 6.21 Å². The number of rotatable bonds is 9. The highest BCUT2D eigenvalue weighted by Gasteiger charge is 2.37. The van der Waals surface area contributed by atoms with E-state index in [-0.39, 0.29) is 17.5 Å². The van der Waals surface area contributed by atoms with E-state index in [4.69, 9.17) is 0 Å². The van der Waals surface area contributed by atoms with E-state index >= 15 is 0 Å². The maximum Gasteiger partial charge on any atom is 0.244 e. The molecule has 0 spiro atoms. The predicted molar refractivity (Wildman–Crippen MR) is 152 cm³/mol. The number of allylic oxidation sites excluding steroid dienone is 2. The third-order valence-corrected chi connectivity index (χ3v) is 8.53. The lowest BCUT2D eigenvalue weighted by Gasteiger charge is -2.32. The lowest BCUT2D eigenvalue weighted by Crippen LogP contribution is -2.46. The van der Waals surface area contributed by atoms with Crippen molar-refractivity contribution in [1.82, 2.24) is 9.29 Å². The number of sulfonamides is 1. The molecular weight excluding hydrogens is 494 g/mol. The third kappa shape index (κ3) is 6.36. The van der Waals surface area contributed by atoms with Gasteiger partial charge in [-0.05, 0) is 53.8 Å². The SMILES string of the molecule is CCC/C=C(\C=NC)S(=O)(=O)N1Cc2cc(C#N)ccc2N(Cc2cccnc2)C[C@H]1Cc1ccccc1. The minimum absolute atomic E-state index is 0.162. The Hall–Kier alpha value is -3.80. The number of nitrogens with zero attached hydrogens (tertiary/aromatic N) is 5. The van der Waals surface area contributed by atoms with Crippen LogP contribution in [0.3, 0.4) is 0 Å². The Morgan fingerprint density at radius 3 is 2.63 bits per heavy atom. The summed E-state index contributed by atoms with van der Waals surface area (Å²) in [5.74, 6) is 0. The summed E-state index contributed by atoms with van der Waals surface area (Å²) in [4.78, 5) is 10.8. The first-order valence-electron chi connectivity index (χ1n) is 12.8. The highest BCUT2D eigenvalue weighted by Crippen LogP contribution is 2.33. The molecule has 196 valence electrons. The van der Waals surface area contributed by atoms with Gasteiger partial charge in [-0.1, -0.05) is 55.8 Å². The number of anilines is 1. The average Bonchev–Trinajstić information content (AvgIpc) is 3.08. The van der Waals surface area contributed by atoms with Gasteiger partial charge in [-0.25, -0.2) is 8.42 Å². The van der Waals surface area contributed by atoms with Gasteiger partial charge in [0.15, 0.2) is 0 Å². The van der Waals surface area contributed by atoms with E-state index in [1.807, 2.05) is 67.7 Å². The Bertz CT molecular complexity index is 1430. The molecule has 1 aliphatic heterocycles. The zero-order valence-electron chi connectivity index (χ0n) is 21.9. The molecule has 0 unspecified atom stereocenters. The zero-order valence-corrected chi connectivity index (χ0v) is 22.7. The molecule has 1 aliphatic rings. The van der Waals surface area contributed by atoms with Crippen molar-refractivity contribution < 1.29 is 8.42 Å². The van der Waals surface area contributed by atoms with Crippen molar-refractivity contribution in [1.29, 1.82) is 5.26 Å². The van der Waals surface area contributed by atoms with E-state index in [1.54, 1.807) is 29.7 Å². The summed E-state index contributed by atoms with van der Waals surface area (Å²) in [7, 11) is -2.30. The van der Waals surface area contributed by atoms with Crippen LogP contribution in [0.25, 0.3) is 0 Å². The van der Waals surface area contributed by atoms with Gasteiger partial charge in [-0.2, -0.15) is 9.57 Å². The number of nitriles is 1. The monoisotopic (exact) mass is 527 g/mol. The van der Waals surface area contributed by atoms with Crippen LogP contribution in [0, 0.1) is 11.3 Å². The average molecular weight is 528 g/mol. The summed E-state index contributed by atoms with van der Waals surface area (Å²) in [6, 6.07) is 21.3. The molecule has 1 aromatic heterocycles. The largest absolute Gasteiger partial charge is 0.365 e. The summed E-state index contributed by atoms with van der Waals surface area (Å²) >= 11 is 0. The molecule has 0 saturated carbocycles. The van der Waals surface area contributed by atoms with E-state index in [0.717, 1.165) is 28.8 Å². The van der Waals surface area contributed by atoms with Gasteiger partial charge in [0.05, 0.1) is 16.5 Å². The maximum atomic E-state index is 14.2. The van der Waals surface area contributed by atoms with Crippen molar-refractivity contribution in [3.8, 4) is 6.07 Å². The van der Waals surface area contributed by atoms with Crippen molar-refractivity contribution in [2.75, 3.05) is 18.5 Å². The number of pyridine rings is 1. The fraction of sp³-hybridized carbons (Fsp3) is 0.300. The first-order valence-corrected chi connectivity index (χ1v) is 14.2. The van der Waals surface area contributed by atoms with E-state index < -0.39 is 10.0 Å².